The van der Waals surface area contributed by atoms with Gasteiger partial charge in [0.05, 0.1) is 11.4 Å². The summed E-state index contributed by atoms with van der Waals surface area (Å²) in [5, 5.41) is 10.7. The number of aliphatic hydroxyl groups excluding tert-OH is 1. The fraction of sp³-hybridized carbons (Fsp3) is 0.333. The van der Waals surface area contributed by atoms with Crippen molar-refractivity contribution < 1.29 is 27.1 Å². The van der Waals surface area contributed by atoms with Crippen LogP contribution in [0, 0.1) is 11.6 Å². The van der Waals surface area contributed by atoms with Crippen molar-refractivity contribution in [2.45, 2.75) is 12.3 Å². The van der Waals surface area contributed by atoms with E-state index in [1.54, 1.807) is 0 Å². The van der Waals surface area contributed by atoms with E-state index < -0.39 is 36.1 Å². The van der Waals surface area contributed by atoms with Gasteiger partial charge in [-0.05, 0) is 6.07 Å². The fourth-order valence-corrected chi connectivity index (χ4v) is 1.05. The highest BCUT2D eigenvalue weighted by Crippen LogP contribution is 2.25. The van der Waals surface area contributed by atoms with Crippen LogP contribution in [0.3, 0.4) is 0 Å². The van der Waals surface area contributed by atoms with E-state index in [0.717, 1.165) is 6.07 Å². The number of aliphatic hydroxyl groups is 1. The molecule has 17 heavy (non-hydrogen) atoms. The molecule has 1 atom stereocenters. The van der Waals surface area contributed by atoms with Crippen LogP contribution in [-0.4, -0.2) is 23.9 Å². The molecule has 0 aliphatic heterocycles. The van der Waals surface area contributed by atoms with E-state index in [2.05, 4.69) is 0 Å². The Hall–Kier alpha value is -1.57. The van der Waals surface area contributed by atoms with Gasteiger partial charge in [0.1, 0.15) is 5.82 Å². The van der Waals surface area contributed by atoms with Gasteiger partial charge in [0.15, 0.2) is 11.9 Å². The Morgan fingerprint density at radius 1 is 1.29 bits per heavy atom. The van der Waals surface area contributed by atoms with Crippen molar-refractivity contribution in [2.24, 2.45) is 0 Å². The van der Waals surface area contributed by atoms with E-state index in [1.165, 1.54) is 0 Å². The van der Waals surface area contributed by atoms with Gasteiger partial charge < -0.3 is 16.2 Å². The predicted octanol–water partition coefficient (Wildman–Crippen LogP) is 1.88. The summed E-state index contributed by atoms with van der Waals surface area (Å²) < 4.78 is 61.5. The van der Waals surface area contributed by atoms with E-state index in [4.69, 9.17) is 10.8 Å². The normalized spacial score (nSPS) is 13.5. The zero-order valence-corrected chi connectivity index (χ0v) is 8.35. The third-order valence-electron chi connectivity index (χ3n) is 1.96. The summed E-state index contributed by atoms with van der Waals surface area (Å²) in [6, 6.07) is 1.24. The van der Waals surface area contributed by atoms with E-state index >= 15 is 0 Å². The van der Waals surface area contributed by atoms with E-state index in [9.17, 15) is 22.0 Å². The zero-order valence-electron chi connectivity index (χ0n) is 8.35. The molecule has 0 saturated heterocycles. The molecule has 8 heteroatoms. The smallest absolute Gasteiger partial charge is 0.395 e. The lowest BCUT2D eigenvalue weighted by Gasteiger charge is -2.16. The second kappa shape index (κ2) is 4.74. The molecule has 96 valence electrons. The number of rotatable bonds is 3. The van der Waals surface area contributed by atoms with Gasteiger partial charge in [-0.3, -0.25) is 0 Å². The van der Waals surface area contributed by atoms with Crippen molar-refractivity contribution in [2.75, 3.05) is 17.6 Å². The number of nitrogen functional groups attached to an aromatic ring is 1. The highest BCUT2D eigenvalue weighted by atomic mass is 19.4. The van der Waals surface area contributed by atoms with Crippen LogP contribution in [0.15, 0.2) is 12.1 Å². The summed E-state index contributed by atoms with van der Waals surface area (Å²) in [4.78, 5) is 0. The summed E-state index contributed by atoms with van der Waals surface area (Å²) in [6.45, 7) is -0.948. The van der Waals surface area contributed by atoms with Crippen LogP contribution in [0.2, 0.25) is 0 Å². The van der Waals surface area contributed by atoms with Gasteiger partial charge in [-0.1, -0.05) is 0 Å². The molecular weight excluding hydrogens is 247 g/mol. The van der Waals surface area contributed by atoms with Gasteiger partial charge in [-0.2, -0.15) is 13.2 Å². The predicted molar refractivity (Wildman–Crippen MR) is 51.3 cm³/mol. The maximum absolute atomic E-state index is 12.9. The van der Waals surface area contributed by atoms with Gasteiger partial charge in [-0.15, -0.1) is 0 Å². The summed E-state index contributed by atoms with van der Waals surface area (Å²) in [5.74, 6) is -2.07. The Bertz CT molecular complexity index is 407. The van der Waals surface area contributed by atoms with Crippen molar-refractivity contribution in [3.63, 3.8) is 0 Å². The zero-order chi connectivity index (χ0) is 13.2. The Morgan fingerprint density at radius 2 is 1.88 bits per heavy atom. The molecule has 0 fully saturated rings. The Labute approximate surface area is 93.0 Å². The molecule has 1 rings (SSSR count). The third kappa shape index (κ3) is 3.45. The van der Waals surface area contributed by atoms with Crippen LogP contribution in [0.5, 0.6) is 0 Å². The average molecular weight is 256 g/mol. The number of benzene rings is 1. The number of nitrogens with one attached hydrogen (secondary N) is 1. The first-order valence-electron chi connectivity index (χ1n) is 4.45. The minimum absolute atomic E-state index is 0.342. The fourth-order valence-electron chi connectivity index (χ4n) is 1.05. The Kier molecular flexibility index (Phi) is 3.76. The van der Waals surface area contributed by atoms with E-state index in [0.29, 0.717) is 6.07 Å². The number of alkyl halides is 3. The van der Waals surface area contributed by atoms with Crippen LogP contribution in [0.1, 0.15) is 0 Å². The van der Waals surface area contributed by atoms with Gasteiger partial charge in [0.25, 0.3) is 0 Å². The topological polar surface area (TPSA) is 58.3 Å². The molecule has 1 aromatic rings. The van der Waals surface area contributed by atoms with Gasteiger partial charge >= 0.3 is 6.18 Å². The largest absolute Gasteiger partial charge is 0.416 e. The van der Waals surface area contributed by atoms with Crippen LogP contribution >= 0.6 is 0 Å². The Morgan fingerprint density at radius 3 is 2.41 bits per heavy atom. The van der Waals surface area contributed by atoms with Crippen molar-refractivity contribution in [3.8, 4) is 0 Å². The average Bonchev–Trinajstić information content (AvgIpc) is 2.19. The molecule has 0 saturated carbocycles. The first-order valence-corrected chi connectivity index (χ1v) is 4.45. The van der Waals surface area contributed by atoms with Crippen molar-refractivity contribution in [1.29, 1.82) is 0 Å². The van der Waals surface area contributed by atoms with Crippen molar-refractivity contribution in [1.82, 2.24) is 0 Å². The Balaban J connectivity index is 2.76. The number of hydrogen-bond acceptors (Lipinski definition) is 3. The van der Waals surface area contributed by atoms with Gasteiger partial charge in [0, 0.05) is 12.6 Å². The van der Waals surface area contributed by atoms with Crippen LogP contribution in [-0.2, 0) is 0 Å². The van der Waals surface area contributed by atoms with E-state index in [1.807, 2.05) is 5.32 Å². The van der Waals surface area contributed by atoms with Crippen LogP contribution < -0.4 is 11.1 Å². The third-order valence-corrected chi connectivity index (χ3v) is 1.96. The van der Waals surface area contributed by atoms with E-state index in [-0.39, 0.29) is 5.69 Å². The lowest BCUT2D eigenvalue weighted by Crippen LogP contribution is -2.35. The minimum atomic E-state index is -4.81. The molecule has 0 aromatic heterocycles. The molecule has 0 heterocycles. The minimum Gasteiger partial charge on any atom is -0.395 e. The second-order valence-electron chi connectivity index (χ2n) is 3.29. The standard InChI is InChI=1S/C9H9F5N2O/c10-4-1-5(11)8(15)6(2-4)16-3-7(17)9(12,13)14/h1-2,7,16-17H,3,15H2. The maximum Gasteiger partial charge on any atom is 0.416 e. The van der Waals surface area contributed by atoms with Gasteiger partial charge in [0.2, 0.25) is 0 Å². The number of anilines is 2. The highest BCUT2D eigenvalue weighted by Gasteiger charge is 2.37. The molecule has 0 spiro atoms. The molecule has 1 unspecified atom stereocenters. The van der Waals surface area contributed by atoms with Crippen LogP contribution in [0.4, 0.5) is 33.3 Å². The van der Waals surface area contributed by atoms with Crippen molar-refractivity contribution >= 4 is 11.4 Å². The molecule has 1 aromatic carbocycles. The van der Waals surface area contributed by atoms with Gasteiger partial charge in [-0.25, -0.2) is 8.78 Å². The highest BCUT2D eigenvalue weighted by molar-refractivity contribution is 5.66. The molecule has 0 aliphatic carbocycles. The molecule has 0 amide bonds. The molecule has 0 bridgehead atoms. The monoisotopic (exact) mass is 256 g/mol. The first-order chi connectivity index (χ1) is 7.71. The second-order valence-corrected chi connectivity index (χ2v) is 3.29. The number of hydrogen-bond donors (Lipinski definition) is 3. The number of halogens is 5. The molecular formula is C9H9F5N2O. The molecule has 4 N–H and O–H groups in total. The molecule has 0 aliphatic rings. The first kappa shape index (κ1) is 13.5. The van der Waals surface area contributed by atoms with Crippen molar-refractivity contribution in [3.05, 3.63) is 23.8 Å². The molecule has 0 radical (unpaired) electrons. The summed E-state index contributed by atoms with van der Waals surface area (Å²) >= 11 is 0. The quantitative estimate of drug-likeness (QED) is 0.571. The summed E-state index contributed by atoms with van der Waals surface area (Å²) in [5.41, 5.74) is 4.32. The lowest BCUT2D eigenvalue weighted by molar-refractivity contribution is -0.198. The number of nitrogens with two attached hydrogens (primary N) is 1. The SMILES string of the molecule is Nc1c(F)cc(F)cc1NCC(O)C(F)(F)F. The van der Waals surface area contributed by atoms with Crippen LogP contribution in [0.25, 0.3) is 0 Å². The summed E-state index contributed by atoms with van der Waals surface area (Å²) in [6.07, 6.45) is -7.46. The lowest BCUT2D eigenvalue weighted by atomic mass is 10.2. The maximum atomic E-state index is 12.9. The molecule has 3 nitrogen and oxygen atoms in total. The summed E-state index contributed by atoms with van der Waals surface area (Å²) in [7, 11) is 0.